The number of pyridine rings is 1. The van der Waals surface area contributed by atoms with Gasteiger partial charge in [-0.05, 0) is 18.6 Å². The Morgan fingerprint density at radius 1 is 1.27 bits per heavy atom. The molecule has 1 atom stereocenters. The first-order chi connectivity index (χ1) is 12.7. The lowest BCUT2D eigenvalue weighted by Crippen LogP contribution is -2.33. The Balaban J connectivity index is 1.49. The van der Waals surface area contributed by atoms with E-state index in [2.05, 4.69) is 44.3 Å². The number of aromatic amines is 1. The van der Waals surface area contributed by atoms with Crippen molar-refractivity contribution in [3.05, 3.63) is 71.3 Å². The van der Waals surface area contributed by atoms with Crippen LogP contribution in [0.5, 0.6) is 0 Å². The van der Waals surface area contributed by atoms with Crippen molar-refractivity contribution in [2.45, 2.75) is 25.9 Å². The predicted molar refractivity (Wildman–Crippen MR) is 97.7 cm³/mol. The van der Waals surface area contributed by atoms with Crippen LogP contribution in [0.2, 0.25) is 0 Å². The molecule has 0 saturated heterocycles. The molecular formula is C19H21N7. The van der Waals surface area contributed by atoms with Crippen molar-refractivity contribution in [2.24, 2.45) is 7.05 Å². The fraction of sp³-hybridized carbons (Fsp3) is 0.316. The number of imidazole rings is 1. The van der Waals surface area contributed by atoms with Crippen molar-refractivity contribution in [1.82, 2.24) is 34.3 Å². The van der Waals surface area contributed by atoms with Gasteiger partial charge in [0.1, 0.15) is 0 Å². The first-order valence-electron chi connectivity index (χ1n) is 8.84. The molecule has 0 aromatic carbocycles. The fourth-order valence-electron chi connectivity index (χ4n) is 4.04. The van der Waals surface area contributed by atoms with Gasteiger partial charge >= 0.3 is 0 Å². The fourth-order valence-corrected chi connectivity index (χ4v) is 4.04. The predicted octanol–water partition coefficient (Wildman–Crippen LogP) is 2.25. The molecule has 26 heavy (non-hydrogen) atoms. The Labute approximate surface area is 151 Å². The molecule has 1 N–H and O–H groups in total. The molecule has 0 saturated carbocycles. The molecule has 5 rings (SSSR count). The smallest absolute Gasteiger partial charge is 0.0925 e. The maximum absolute atomic E-state index is 4.58. The van der Waals surface area contributed by atoms with E-state index in [0.717, 1.165) is 25.3 Å². The van der Waals surface area contributed by atoms with Crippen LogP contribution < -0.4 is 0 Å². The van der Waals surface area contributed by atoms with Crippen molar-refractivity contribution in [1.29, 1.82) is 0 Å². The third kappa shape index (κ3) is 2.43. The summed E-state index contributed by atoms with van der Waals surface area (Å²) in [6.07, 6.45) is 9.84. The number of aryl methyl sites for hydroxylation is 2. The number of nitrogens with one attached hydrogen (secondary N) is 1. The summed E-state index contributed by atoms with van der Waals surface area (Å²) in [5.74, 6) is 0.238. The normalized spacial score (nSPS) is 17.7. The van der Waals surface area contributed by atoms with E-state index in [1.165, 1.54) is 27.9 Å². The van der Waals surface area contributed by atoms with Crippen LogP contribution in [0.3, 0.4) is 0 Å². The average Bonchev–Trinajstić information content (AvgIpc) is 3.34. The van der Waals surface area contributed by atoms with Crippen LogP contribution in [0, 0.1) is 6.92 Å². The minimum Gasteiger partial charge on any atom is -0.347 e. The highest BCUT2D eigenvalue weighted by Gasteiger charge is 2.30. The van der Waals surface area contributed by atoms with Gasteiger partial charge in [-0.3, -0.25) is 9.58 Å². The van der Waals surface area contributed by atoms with Crippen molar-refractivity contribution in [2.75, 3.05) is 6.54 Å². The van der Waals surface area contributed by atoms with Gasteiger partial charge in [-0.15, -0.1) is 0 Å². The Morgan fingerprint density at radius 2 is 2.19 bits per heavy atom. The topological polar surface area (TPSA) is 67.0 Å². The molecule has 0 spiro atoms. The van der Waals surface area contributed by atoms with Crippen molar-refractivity contribution >= 4 is 5.52 Å². The van der Waals surface area contributed by atoms with Gasteiger partial charge < -0.3 is 4.98 Å². The summed E-state index contributed by atoms with van der Waals surface area (Å²) in [4.78, 5) is 10.4. The summed E-state index contributed by atoms with van der Waals surface area (Å²) in [5.41, 5.74) is 7.27. The zero-order valence-corrected chi connectivity index (χ0v) is 14.9. The van der Waals surface area contributed by atoms with Gasteiger partial charge in [0, 0.05) is 56.1 Å². The lowest BCUT2D eigenvalue weighted by Gasteiger charge is -2.31. The molecule has 0 bridgehead atoms. The largest absolute Gasteiger partial charge is 0.347 e. The molecule has 132 valence electrons. The zero-order chi connectivity index (χ0) is 17.7. The minimum absolute atomic E-state index is 0.238. The molecule has 1 aliphatic heterocycles. The van der Waals surface area contributed by atoms with Crippen LogP contribution in [-0.4, -0.2) is 40.8 Å². The molecule has 0 amide bonds. The van der Waals surface area contributed by atoms with Crippen LogP contribution in [0.4, 0.5) is 0 Å². The van der Waals surface area contributed by atoms with Gasteiger partial charge in [-0.25, -0.2) is 9.50 Å². The van der Waals surface area contributed by atoms with E-state index in [9.17, 15) is 0 Å². The van der Waals surface area contributed by atoms with E-state index < -0.39 is 0 Å². The lowest BCUT2D eigenvalue weighted by molar-refractivity contribution is 0.228. The second kappa shape index (κ2) is 5.81. The van der Waals surface area contributed by atoms with E-state index in [-0.39, 0.29) is 5.92 Å². The molecule has 0 fully saturated rings. The first kappa shape index (κ1) is 15.3. The number of aromatic nitrogens is 6. The van der Waals surface area contributed by atoms with Gasteiger partial charge in [0.25, 0.3) is 0 Å². The third-order valence-corrected chi connectivity index (χ3v) is 5.24. The quantitative estimate of drug-likeness (QED) is 0.617. The van der Waals surface area contributed by atoms with E-state index in [0.29, 0.717) is 0 Å². The number of rotatable bonds is 3. The second-order valence-electron chi connectivity index (χ2n) is 7.09. The van der Waals surface area contributed by atoms with Gasteiger partial charge in [-0.2, -0.15) is 10.2 Å². The number of hydrogen-bond donors (Lipinski definition) is 1. The highest BCUT2D eigenvalue weighted by Crippen LogP contribution is 2.32. The zero-order valence-electron chi connectivity index (χ0n) is 14.9. The molecule has 5 heterocycles. The van der Waals surface area contributed by atoms with E-state index in [1.54, 1.807) is 6.33 Å². The van der Waals surface area contributed by atoms with E-state index in [4.69, 9.17) is 0 Å². The van der Waals surface area contributed by atoms with Gasteiger partial charge in [0.05, 0.1) is 35.6 Å². The second-order valence-corrected chi connectivity index (χ2v) is 7.09. The summed E-state index contributed by atoms with van der Waals surface area (Å²) in [6.45, 7) is 4.80. The molecule has 0 aliphatic carbocycles. The molecule has 1 unspecified atom stereocenters. The lowest BCUT2D eigenvalue weighted by atomic mass is 9.93. The maximum Gasteiger partial charge on any atom is 0.0925 e. The summed E-state index contributed by atoms with van der Waals surface area (Å²) >= 11 is 0. The highest BCUT2D eigenvalue weighted by molar-refractivity contribution is 5.59. The summed E-state index contributed by atoms with van der Waals surface area (Å²) in [6, 6.07) is 4.18. The number of hydrogen-bond acceptors (Lipinski definition) is 4. The number of H-pyrrole nitrogens is 1. The summed E-state index contributed by atoms with van der Waals surface area (Å²) in [7, 11) is 1.96. The highest BCUT2D eigenvalue weighted by atomic mass is 15.2. The van der Waals surface area contributed by atoms with E-state index >= 15 is 0 Å². The first-order valence-corrected chi connectivity index (χ1v) is 8.84. The third-order valence-electron chi connectivity index (χ3n) is 5.24. The van der Waals surface area contributed by atoms with Crippen molar-refractivity contribution < 1.29 is 0 Å². The average molecular weight is 347 g/mol. The molecule has 7 heteroatoms. The van der Waals surface area contributed by atoms with Crippen molar-refractivity contribution in [3.8, 4) is 0 Å². The maximum atomic E-state index is 4.58. The summed E-state index contributed by atoms with van der Waals surface area (Å²) in [5, 5.41) is 8.87. The van der Waals surface area contributed by atoms with Gasteiger partial charge in [-0.1, -0.05) is 6.07 Å². The Hall–Kier alpha value is -2.93. The van der Waals surface area contributed by atoms with Crippen molar-refractivity contribution in [3.63, 3.8) is 0 Å². The summed E-state index contributed by atoms with van der Waals surface area (Å²) < 4.78 is 3.82. The Bertz CT molecular complexity index is 1070. The molecule has 1 aliphatic rings. The monoisotopic (exact) mass is 347 g/mol. The van der Waals surface area contributed by atoms with Gasteiger partial charge in [0.2, 0.25) is 0 Å². The van der Waals surface area contributed by atoms with Gasteiger partial charge in [0.15, 0.2) is 0 Å². The minimum atomic E-state index is 0.238. The molecule has 0 radical (unpaired) electrons. The van der Waals surface area contributed by atoms with Crippen LogP contribution in [0.15, 0.2) is 43.2 Å². The van der Waals surface area contributed by atoms with Crippen LogP contribution in [0.25, 0.3) is 5.52 Å². The number of fused-ring (bicyclic) bond motifs is 2. The molecular weight excluding hydrogens is 326 g/mol. The van der Waals surface area contributed by atoms with E-state index in [1.807, 2.05) is 40.9 Å². The Morgan fingerprint density at radius 3 is 3.04 bits per heavy atom. The SMILES string of the molecule is Cc1cccn2ncc(CN3Cc4[nH]cnc4C(c4cnn(C)c4)C3)c12. The molecule has 4 aromatic heterocycles. The molecule has 7 nitrogen and oxygen atoms in total. The standard InChI is InChI=1S/C19H21N7/c1-13-4-3-5-26-19(13)15(7-23-26)9-25-10-16(14-6-22-24(2)8-14)18-17(11-25)20-12-21-18/h3-8,12,16H,9-11H2,1-2H3,(H,20,21). The Kier molecular flexibility index (Phi) is 3.43. The molecule has 4 aromatic rings. The van der Waals surface area contributed by atoms with Crippen LogP contribution in [-0.2, 0) is 20.1 Å². The van der Waals surface area contributed by atoms with Crippen LogP contribution in [0.1, 0.15) is 34.0 Å². The van der Waals surface area contributed by atoms with Crippen LogP contribution >= 0.6 is 0 Å². The number of nitrogens with zero attached hydrogens (tertiary/aromatic N) is 6.